The molecule has 0 N–H and O–H groups in total. The molecular formula is C13H13BrF3NO. The van der Waals surface area contributed by atoms with Crippen molar-refractivity contribution >= 4 is 27.4 Å². The second-order valence-electron chi connectivity index (χ2n) is 4.73. The van der Waals surface area contributed by atoms with Gasteiger partial charge in [-0.05, 0) is 25.1 Å². The summed E-state index contributed by atoms with van der Waals surface area (Å²) in [6.07, 6.45) is -3.60. The molecule has 0 spiro atoms. The third-order valence-corrected chi connectivity index (χ3v) is 3.69. The molecule has 0 radical (unpaired) electrons. The Bertz CT molecular complexity index is 501. The van der Waals surface area contributed by atoms with E-state index >= 15 is 0 Å². The van der Waals surface area contributed by atoms with Gasteiger partial charge >= 0.3 is 6.18 Å². The topological polar surface area (TPSA) is 20.3 Å². The molecule has 1 unspecified atom stereocenters. The molecular weight excluding hydrogens is 323 g/mol. The number of hydrogen-bond acceptors (Lipinski definition) is 2. The molecule has 1 atom stereocenters. The molecule has 2 nitrogen and oxygen atoms in total. The zero-order valence-electron chi connectivity index (χ0n) is 10.3. The van der Waals surface area contributed by atoms with Gasteiger partial charge < -0.3 is 4.90 Å². The minimum Gasteiger partial charge on any atom is -0.368 e. The number of benzene rings is 1. The number of carbonyl (C=O) groups excluding carboxylic acids is 1. The first-order valence-corrected chi connectivity index (χ1v) is 6.73. The molecule has 0 aromatic heterocycles. The number of Topliss-reactive ketones (excluding diaryl/α,β-unsaturated/α-hetero) is 1. The SMILES string of the molecule is CC1CC(=O)CCN1c1cc(Br)cc(C(F)(F)F)c1. The van der Waals surface area contributed by atoms with E-state index in [-0.39, 0.29) is 11.8 Å². The number of carbonyl (C=O) groups is 1. The summed E-state index contributed by atoms with van der Waals surface area (Å²) in [5.74, 6) is 0.162. The molecule has 1 fully saturated rings. The van der Waals surface area contributed by atoms with E-state index in [0.717, 1.165) is 12.1 Å². The summed E-state index contributed by atoms with van der Waals surface area (Å²) in [6.45, 7) is 2.32. The van der Waals surface area contributed by atoms with E-state index in [9.17, 15) is 18.0 Å². The zero-order valence-corrected chi connectivity index (χ0v) is 11.9. The van der Waals surface area contributed by atoms with Gasteiger partial charge in [-0.1, -0.05) is 15.9 Å². The van der Waals surface area contributed by atoms with Gasteiger partial charge in [-0.15, -0.1) is 0 Å². The molecule has 19 heavy (non-hydrogen) atoms. The molecule has 104 valence electrons. The Morgan fingerprint density at radius 3 is 2.58 bits per heavy atom. The highest BCUT2D eigenvalue weighted by atomic mass is 79.9. The van der Waals surface area contributed by atoms with Crippen LogP contribution in [0.1, 0.15) is 25.3 Å². The number of halogens is 4. The number of anilines is 1. The quantitative estimate of drug-likeness (QED) is 0.772. The number of piperidine rings is 1. The van der Waals surface area contributed by atoms with Crippen molar-refractivity contribution < 1.29 is 18.0 Å². The summed E-state index contributed by atoms with van der Waals surface area (Å²) in [5, 5.41) is 0. The highest BCUT2D eigenvalue weighted by Crippen LogP contribution is 2.35. The Kier molecular flexibility index (Phi) is 3.90. The molecule has 1 aliphatic rings. The summed E-state index contributed by atoms with van der Waals surface area (Å²) in [7, 11) is 0. The average Bonchev–Trinajstić information content (AvgIpc) is 2.26. The maximum absolute atomic E-state index is 12.8. The van der Waals surface area contributed by atoms with Crippen LogP contribution in [0.25, 0.3) is 0 Å². The fourth-order valence-corrected chi connectivity index (χ4v) is 2.78. The van der Waals surface area contributed by atoms with Crippen molar-refractivity contribution in [3.63, 3.8) is 0 Å². The predicted molar refractivity (Wildman–Crippen MR) is 70.2 cm³/mol. The minimum absolute atomic E-state index is 0.0726. The van der Waals surface area contributed by atoms with Crippen LogP contribution in [0.5, 0.6) is 0 Å². The van der Waals surface area contributed by atoms with E-state index in [0.29, 0.717) is 29.5 Å². The Morgan fingerprint density at radius 1 is 1.32 bits per heavy atom. The number of nitrogens with zero attached hydrogens (tertiary/aromatic N) is 1. The second-order valence-corrected chi connectivity index (χ2v) is 5.65. The van der Waals surface area contributed by atoms with Crippen LogP contribution >= 0.6 is 15.9 Å². The van der Waals surface area contributed by atoms with E-state index < -0.39 is 11.7 Å². The smallest absolute Gasteiger partial charge is 0.368 e. The normalized spacial score (nSPS) is 20.8. The van der Waals surface area contributed by atoms with Crippen molar-refractivity contribution in [1.82, 2.24) is 0 Å². The monoisotopic (exact) mass is 335 g/mol. The van der Waals surface area contributed by atoms with Crippen LogP contribution < -0.4 is 4.90 Å². The zero-order chi connectivity index (χ0) is 14.2. The third-order valence-electron chi connectivity index (χ3n) is 3.23. The van der Waals surface area contributed by atoms with Crippen LogP contribution in [-0.2, 0) is 11.0 Å². The van der Waals surface area contributed by atoms with Crippen molar-refractivity contribution in [2.75, 3.05) is 11.4 Å². The molecule has 1 saturated heterocycles. The maximum atomic E-state index is 12.8. The van der Waals surface area contributed by atoms with Crippen LogP contribution in [0.3, 0.4) is 0 Å². The highest BCUT2D eigenvalue weighted by Gasteiger charge is 2.32. The van der Waals surface area contributed by atoms with E-state index in [4.69, 9.17) is 0 Å². The molecule has 1 aliphatic heterocycles. The molecule has 1 aromatic rings. The number of hydrogen-bond donors (Lipinski definition) is 0. The first kappa shape index (κ1) is 14.4. The third kappa shape index (κ3) is 3.29. The largest absolute Gasteiger partial charge is 0.416 e. The summed E-state index contributed by atoms with van der Waals surface area (Å²) < 4.78 is 38.7. The highest BCUT2D eigenvalue weighted by molar-refractivity contribution is 9.10. The molecule has 0 aliphatic carbocycles. The lowest BCUT2D eigenvalue weighted by Crippen LogP contribution is -2.41. The summed E-state index contributed by atoms with van der Waals surface area (Å²) in [6, 6.07) is 3.78. The molecule has 1 aromatic carbocycles. The van der Waals surface area contributed by atoms with Gasteiger partial charge in [-0.2, -0.15) is 13.2 Å². The van der Waals surface area contributed by atoms with Crippen molar-refractivity contribution in [3.05, 3.63) is 28.2 Å². The van der Waals surface area contributed by atoms with Crippen LogP contribution in [0.15, 0.2) is 22.7 Å². The van der Waals surface area contributed by atoms with Gasteiger partial charge in [0.1, 0.15) is 5.78 Å². The molecule has 0 bridgehead atoms. The summed E-state index contributed by atoms with van der Waals surface area (Å²) in [4.78, 5) is 13.2. The molecule has 1 heterocycles. The first-order valence-electron chi connectivity index (χ1n) is 5.93. The number of rotatable bonds is 1. The molecule has 6 heteroatoms. The van der Waals surface area contributed by atoms with Crippen molar-refractivity contribution in [1.29, 1.82) is 0 Å². The fourth-order valence-electron chi connectivity index (χ4n) is 2.29. The van der Waals surface area contributed by atoms with E-state index in [2.05, 4.69) is 15.9 Å². The van der Waals surface area contributed by atoms with Gasteiger partial charge in [0.25, 0.3) is 0 Å². The van der Waals surface area contributed by atoms with Crippen LogP contribution in [0.2, 0.25) is 0 Å². The Labute approximate surface area is 117 Å². The van der Waals surface area contributed by atoms with E-state index in [1.165, 1.54) is 0 Å². The number of ketones is 1. The van der Waals surface area contributed by atoms with Gasteiger partial charge in [0.15, 0.2) is 0 Å². The van der Waals surface area contributed by atoms with Crippen LogP contribution in [0, 0.1) is 0 Å². The van der Waals surface area contributed by atoms with Crippen LogP contribution in [-0.4, -0.2) is 18.4 Å². The van der Waals surface area contributed by atoms with Gasteiger partial charge in [-0.25, -0.2) is 0 Å². The van der Waals surface area contributed by atoms with E-state index in [1.54, 1.807) is 6.07 Å². The van der Waals surface area contributed by atoms with Gasteiger partial charge in [0, 0.05) is 35.6 Å². The van der Waals surface area contributed by atoms with Crippen molar-refractivity contribution in [3.8, 4) is 0 Å². The first-order chi connectivity index (χ1) is 8.77. The van der Waals surface area contributed by atoms with Gasteiger partial charge in [0.05, 0.1) is 5.56 Å². The Morgan fingerprint density at radius 2 is 2.00 bits per heavy atom. The van der Waals surface area contributed by atoms with Gasteiger partial charge in [0.2, 0.25) is 0 Å². The fraction of sp³-hybridized carbons (Fsp3) is 0.462. The van der Waals surface area contributed by atoms with Crippen molar-refractivity contribution in [2.45, 2.75) is 32.0 Å². The van der Waals surface area contributed by atoms with Crippen LogP contribution in [0.4, 0.5) is 18.9 Å². The lowest BCUT2D eigenvalue weighted by atomic mass is 10.0. The maximum Gasteiger partial charge on any atom is 0.416 e. The second kappa shape index (κ2) is 5.15. The van der Waals surface area contributed by atoms with E-state index in [1.807, 2.05) is 11.8 Å². The van der Waals surface area contributed by atoms with Crippen molar-refractivity contribution in [2.24, 2.45) is 0 Å². The summed E-state index contributed by atoms with van der Waals surface area (Å²) >= 11 is 3.11. The molecule has 2 rings (SSSR count). The Balaban J connectivity index is 2.34. The standard InChI is InChI=1S/C13H13BrF3NO/c1-8-4-12(19)2-3-18(8)11-6-9(13(15,16)17)5-10(14)7-11/h5-8H,2-4H2,1H3. The lowest BCUT2D eigenvalue weighted by Gasteiger charge is -2.35. The molecule has 0 saturated carbocycles. The number of alkyl halides is 3. The average molecular weight is 336 g/mol. The predicted octanol–water partition coefficient (Wildman–Crippen LogP) is 4.03. The Hall–Kier alpha value is -1.04. The van der Waals surface area contributed by atoms with Gasteiger partial charge in [-0.3, -0.25) is 4.79 Å². The minimum atomic E-state index is -4.37. The molecule has 0 amide bonds. The summed E-state index contributed by atoms with van der Waals surface area (Å²) in [5.41, 5.74) is -0.178. The lowest BCUT2D eigenvalue weighted by molar-refractivity contribution is -0.137.